The molecule has 0 amide bonds. The molecule has 0 aliphatic rings. The van der Waals surface area contributed by atoms with Crippen LogP contribution in [0.3, 0.4) is 0 Å². The molecule has 21 heavy (non-hydrogen) atoms. The van der Waals surface area contributed by atoms with E-state index in [0.717, 1.165) is 11.3 Å². The summed E-state index contributed by atoms with van der Waals surface area (Å²) in [6.07, 6.45) is 0. The third-order valence-electron chi connectivity index (χ3n) is 3.32. The van der Waals surface area contributed by atoms with Crippen LogP contribution in [0.25, 0.3) is 0 Å². The van der Waals surface area contributed by atoms with E-state index in [0.29, 0.717) is 10.9 Å². The number of rotatable bonds is 6. The Labute approximate surface area is 129 Å². The summed E-state index contributed by atoms with van der Waals surface area (Å²) in [5.74, 6) is -0.415. The van der Waals surface area contributed by atoms with E-state index in [1.54, 1.807) is 6.92 Å². The Morgan fingerprint density at radius 2 is 1.95 bits per heavy atom. The summed E-state index contributed by atoms with van der Waals surface area (Å²) in [5.41, 5.74) is 5.85. The number of nitrogen functional groups attached to an aromatic ring is 1. The first-order valence-electron chi connectivity index (χ1n) is 6.65. The first kappa shape index (κ1) is 17.8. The van der Waals surface area contributed by atoms with Gasteiger partial charge in [0.2, 0.25) is 0 Å². The number of carbonyl (C=O) groups excluding carboxylic acids is 1. The minimum Gasteiger partial charge on any atom is -0.465 e. The van der Waals surface area contributed by atoms with Crippen molar-refractivity contribution >= 4 is 37.8 Å². The summed E-state index contributed by atoms with van der Waals surface area (Å²) in [6, 6.07) is 0.0411. The van der Waals surface area contributed by atoms with Crippen LogP contribution < -0.4 is 11.1 Å². The van der Waals surface area contributed by atoms with Gasteiger partial charge in [0.25, 0.3) is 0 Å². The third kappa shape index (κ3) is 3.68. The summed E-state index contributed by atoms with van der Waals surface area (Å²) >= 11 is 1.02. The third-order valence-corrected chi connectivity index (χ3v) is 6.37. The second kappa shape index (κ2) is 6.65. The van der Waals surface area contributed by atoms with Gasteiger partial charge in [-0.05, 0) is 12.8 Å². The van der Waals surface area contributed by atoms with Crippen molar-refractivity contribution in [2.45, 2.75) is 38.6 Å². The Balaban J connectivity index is 3.44. The van der Waals surface area contributed by atoms with Gasteiger partial charge in [0.05, 0.1) is 18.6 Å². The van der Waals surface area contributed by atoms with Crippen LogP contribution >= 0.6 is 11.3 Å². The number of hydrogen-bond donors (Lipinski definition) is 2. The molecule has 1 aromatic heterocycles. The van der Waals surface area contributed by atoms with Gasteiger partial charge in [-0.25, -0.2) is 13.2 Å². The van der Waals surface area contributed by atoms with E-state index in [-0.39, 0.29) is 27.3 Å². The van der Waals surface area contributed by atoms with E-state index in [1.807, 2.05) is 20.8 Å². The molecule has 1 atom stereocenters. The van der Waals surface area contributed by atoms with E-state index >= 15 is 0 Å². The summed E-state index contributed by atoms with van der Waals surface area (Å²) in [7, 11) is -2.30. The lowest BCUT2D eigenvalue weighted by atomic mass is 10.1. The molecule has 0 saturated heterocycles. The SMILES string of the molecule is CCS(=O)(=O)c1c(NC(C)C(C)C)sc(C(=O)OC)c1N. The Morgan fingerprint density at radius 1 is 1.38 bits per heavy atom. The van der Waals surface area contributed by atoms with E-state index in [1.165, 1.54) is 7.11 Å². The number of sulfone groups is 1. The highest BCUT2D eigenvalue weighted by atomic mass is 32.2. The first-order chi connectivity index (χ1) is 9.65. The lowest BCUT2D eigenvalue weighted by molar-refractivity contribution is 0.0607. The molecular formula is C13H22N2O4S2. The molecule has 8 heteroatoms. The van der Waals surface area contributed by atoms with E-state index in [4.69, 9.17) is 5.73 Å². The Hall–Kier alpha value is -1.28. The van der Waals surface area contributed by atoms with Gasteiger partial charge >= 0.3 is 5.97 Å². The first-order valence-corrected chi connectivity index (χ1v) is 9.12. The normalized spacial score (nSPS) is 13.2. The molecule has 120 valence electrons. The zero-order chi connectivity index (χ0) is 16.4. The molecule has 0 saturated carbocycles. The fourth-order valence-electron chi connectivity index (χ4n) is 1.59. The topological polar surface area (TPSA) is 98.5 Å². The van der Waals surface area contributed by atoms with E-state index in [9.17, 15) is 13.2 Å². The zero-order valence-corrected chi connectivity index (χ0v) is 14.5. The number of anilines is 2. The van der Waals surface area contributed by atoms with Gasteiger partial charge in [-0.15, -0.1) is 11.3 Å². The molecule has 0 aromatic carbocycles. The van der Waals surface area contributed by atoms with Crippen molar-refractivity contribution in [1.29, 1.82) is 0 Å². The number of nitrogens with two attached hydrogens (primary N) is 1. The summed E-state index contributed by atoms with van der Waals surface area (Å²) in [4.78, 5) is 11.8. The quantitative estimate of drug-likeness (QED) is 0.775. The minimum atomic E-state index is -3.54. The van der Waals surface area contributed by atoms with Gasteiger partial charge in [0, 0.05) is 6.04 Å². The van der Waals surface area contributed by atoms with Gasteiger partial charge in [0.15, 0.2) is 9.84 Å². The fraction of sp³-hybridized carbons (Fsp3) is 0.615. The van der Waals surface area contributed by atoms with E-state index < -0.39 is 15.8 Å². The standard InChI is InChI=1S/C13H22N2O4S2/c1-6-21(17,18)11-9(14)10(13(16)19-5)20-12(11)15-8(4)7(2)3/h7-8,15H,6,14H2,1-5H3. The molecule has 1 rings (SSSR count). The number of methoxy groups -OCH3 is 1. The van der Waals surface area contributed by atoms with Crippen molar-refractivity contribution in [3.63, 3.8) is 0 Å². The molecule has 0 bridgehead atoms. The lowest BCUT2D eigenvalue weighted by Crippen LogP contribution is -2.22. The van der Waals surface area contributed by atoms with Crippen LogP contribution in [0.15, 0.2) is 4.90 Å². The highest BCUT2D eigenvalue weighted by Crippen LogP contribution is 2.40. The Kier molecular flexibility index (Phi) is 5.63. The maximum Gasteiger partial charge on any atom is 0.350 e. The van der Waals surface area contributed by atoms with Gasteiger partial charge in [-0.3, -0.25) is 0 Å². The van der Waals surface area contributed by atoms with Gasteiger partial charge < -0.3 is 15.8 Å². The highest BCUT2D eigenvalue weighted by molar-refractivity contribution is 7.91. The number of esters is 1. The van der Waals surface area contributed by atoms with E-state index in [2.05, 4.69) is 10.1 Å². The smallest absolute Gasteiger partial charge is 0.350 e. The van der Waals surface area contributed by atoms with Crippen LogP contribution in [0, 0.1) is 5.92 Å². The number of nitrogens with one attached hydrogen (secondary N) is 1. The van der Waals surface area contributed by atoms with Crippen LogP contribution in [-0.4, -0.2) is 33.3 Å². The maximum atomic E-state index is 12.3. The van der Waals surface area contributed by atoms with Gasteiger partial charge in [-0.1, -0.05) is 20.8 Å². The predicted octanol–water partition coefficient (Wildman–Crippen LogP) is 2.37. The highest BCUT2D eigenvalue weighted by Gasteiger charge is 2.30. The van der Waals surface area contributed by atoms with Crippen molar-refractivity contribution in [3.8, 4) is 0 Å². The second-order valence-electron chi connectivity index (χ2n) is 5.08. The average Bonchev–Trinajstić information content (AvgIpc) is 2.75. The molecule has 0 spiro atoms. The zero-order valence-electron chi connectivity index (χ0n) is 12.9. The molecule has 1 heterocycles. The van der Waals surface area contributed by atoms with Crippen LogP contribution in [-0.2, 0) is 14.6 Å². The van der Waals surface area contributed by atoms with Gasteiger partial charge in [0.1, 0.15) is 14.8 Å². The number of carbonyl (C=O) groups is 1. The minimum absolute atomic E-state index is 0.00269. The Morgan fingerprint density at radius 3 is 2.38 bits per heavy atom. The summed E-state index contributed by atoms with van der Waals surface area (Å²) in [6.45, 7) is 7.52. The molecule has 1 aromatic rings. The van der Waals surface area contributed by atoms with Crippen molar-refractivity contribution in [2.24, 2.45) is 5.92 Å². The second-order valence-corrected chi connectivity index (χ2v) is 8.31. The van der Waals surface area contributed by atoms with Crippen LogP contribution in [0.5, 0.6) is 0 Å². The molecule has 3 N–H and O–H groups in total. The van der Waals surface area contributed by atoms with Crippen molar-refractivity contribution in [1.82, 2.24) is 0 Å². The van der Waals surface area contributed by atoms with Crippen molar-refractivity contribution in [3.05, 3.63) is 4.88 Å². The molecule has 1 unspecified atom stereocenters. The fourth-order valence-corrected chi connectivity index (χ4v) is 4.26. The molecule has 6 nitrogen and oxygen atoms in total. The number of thiophene rings is 1. The van der Waals surface area contributed by atoms with Crippen LogP contribution in [0.4, 0.5) is 10.7 Å². The maximum absolute atomic E-state index is 12.3. The van der Waals surface area contributed by atoms with Crippen molar-refractivity contribution < 1.29 is 17.9 Å². The van der Waals surface area contributed by atoms with Gasteiger partial charge in [-0.2, -0.15) is 0 Å². The monoisotopic (exact) mass is 334 g/mol. The van der Waals surface area contributed by atoms with Crippen LogP contribution in [0.2, 0.25) is 0 Å². The van der Waals surface area contributed by atoms with Crippen LogP contribution in [0.1, 0.15) is 37.4 Å². The van der Waals surface area contributed by atoms with Crippen molar-refractivity contribution in [2.75, 3.05) is 23.9 Å². The number of ether oxygens (including phenoxy) is 1. The summed E-state index contributed by atoms with van der Waals surface area (Å²) in [5, 5.41) is 3.54. The Bertz CT molecular complexity index is 620. The molecule has 0 radical (unpaired) electrons. The molecular weight excluding hydrogens is 312 g/mol. The largest absolute Gasteiger partial charge is 0.465 e. The average molecular weight is 334 g/mol. The number of hydrogen-bond acceptors (Lipinski definition) is 7. The molecule has 0 aliphatic carbocycles. The lowest BCUT2D eigenvalue weighted by Gasteiger charge is -2.18. The molecule has 0 fully saturated rings. The summed E-state index contributed by atoms with van der Waals surface area (Å²) < 4.78 is 29.2. The molecule has 0 aliphatic heterocycles. The predicted molar refractivity (Wildman–Crippen MR) is 85.7 cm³/mol.